The van der Waals surface area contributed by atoms with Crippen molar-refractivity contribution < 1.29 is 14.4 Å². The number of ether oxygens (including phenoxy) is 2. The zero-order valence-electron chi connectivity index (χ0n) is 8.92. The molecule has 0 saturated heterocycles. The highest BCUT2D eigenvalue weighted by Crippen LogP contribution is 2.34. The van der Waals surface area contributed by atoms with Gasteiger partial charge in [0.2, 0.25) is 0 Å². The molecule has 0 aliphatic carbocycles. The van der Waals surface area contributed by atoms with E-state index in [1.807, 2.05) is 0 Å². The molecule has 1 unspecified atom stereocenters. The summed E-state index contributed by atoms with van der Waals surface area (Å²) in [5.41, 5.74) is 0.574. The number of hydrogen-bond donors (Lipinski definition) is 0. The van der Waals surface area contributed by atoms with E-state index < -0.39 is 11.2 Å². The van der Waals surface area contributed by atoms with Crippen LogP contribution in [0.25, 0.3) is 0 Å². The number of nitrogens with zero attached hydrogens (tertiary/aromatic N) is 1. The molecule has 1 rings (SSSR count). The molecule has 0 saturated carbocycles. The van der Waals surface area contributed by atoms with Crippen LogP contribution in [0, 0.1) is 10.1 Å². The number of benzene rings is 1. The van der Waals surface area contributed by atoms with E-state index in [9.17, 15) is 10.1 Å². The quantitative estimate of drug-likeness (QED) is 0.362. The van der Waals surface area contributed by atoms with Gasteiger partial charge in [-0.25, -0.2) is 0 Å². The lowest BCUT2D eigenvalue weighted by atomic mass is 10.1. The van der Waals surface area contributed by atoms with Gasteiger partial charge in [0.05, 0.1) is 9.75 Å². The van der Waals surface area contributed by atoms with Crippen LogP contribution >= 0.6 is 15.9 Å². The van der Waals surface area contributed by atoms with Gasteiger partial charge in [0.15, 0.2) is 6.29 Å². The van der Waals surface area contributed by atoms with Crippen LogP contribution in [0.1, 0.15) is 10.4 Å². The second kappa shape index (κ2) is 5.93. The molecule has 16 heavy (non-hydrogen) atoms. The first-order valence-electron chi connectivity index (χ1n) is 4.54. The third kappa shape index (κ3) is 2.78. The SMILES string of the molecule is COC(OC)C(Br)c1ccccc1[N+](=O)[O-]. The Balaban J connectivity index is 3.07. The number of nitro benzene ring substituents is 1. The van der Waals surface area contributed by atoms with Crippen LogP contribution in [0.2, 0.25) is 0 Å². The predicted octanol–water partition coefficient (Wildman–Crippen LogP) is 2.65. The molecule has 1 aromatic rings. The standard InChI is InChI=1S/C10H12BrNO4/c1-15-10(16-2)9(11)7-5-3-4-6-8(7)12(13)14/h3-6,9-10H,1-2H3. The van der Waals surface area contributed by atoms with Gasteiger partial charge in [-0.2, -0.15) is 0 Å². The number of halogens is 1. The fourth-order valence-electron chi connectivity index (χ4n) is 1.37. The Hall–Kier alpha value is -0.980. The third-order valence-electron chi connectivity index (χ3n) is 2.13. The average Bonchev–Trinajstić information content (AvgIpc) is 2.30. The van der Waals surface area contributed by atoms with Crippen molar-refractivity contribution in [1.29, 1.82) is 0 Å². The zero-order chi connectivity index (χ0) is 12.1. The van der Waals surface area contributed by atoms with Gasteiger partial charge in [-0.1, -0.05) is 34.1 Å². The largest absolute Gasteiger partial charge is 0.354 e. The Labute approximate surface area is 102 Å². The van der Waals surface area contributed by atoms with E-state index in [1.165, 1.54) is 20.3 Å². The molecule has 88 valence electrons. The van der Waals surface area contributed by atoms with Crippen molar-refractivity contribution >= 4 is 21.6 Å². The van der Waals surface area contributed by atoms with Crippen molar-refractivity contribution in [2.75, 3.05) is 14.2 Å². The van der Waals surface area contributed by atoms with Gasteiger partial charge in [-0.15, -0.1) is 0 Å². The minimum Gasteiger partial charge on any atom is -0.354 e. The molecule has 0 bridgehead atoms. The average molecular weight is 290 g/mol. The van der Waals surface area contributed by atoms with Crippen molar-refractivity contribution in [3.05, 3.63) is 39.9 Å². The molecule has 0 spiro atoms. The second-order valence-electron chi connectivity index (χ2n) is 3.06. The summed E-state index contributed by atoms with van der Waals surface area (Å²) >= 11 is 3.34. The second-order valence-corrected chi connectivity index (χ2v) is 4.04. The summed E-state index contributed by atoms with van der Waals surface area (Å²) in [6.45, 7) is 0. The lowest BCUT2D eigenvalue weighted by Crippen LogP contribution is -2.19. The highest BCUT2D eigenvalue weighted by molar-refractivity contribution is 9.09. The summed E-state index contributed by atoms with van der Waals surface area (Å²) in [6, 6.07) is 6.48. The molecule has 6 heteroatoms. The highest BCUT2D eigenvalue weighted by Gasteiger charge is 2.26. The van der Waals surface area contributed by atoms with Crippen LogP contribution in [0.5, 0.6) is 0 Å². The van der Waals surface area contributed by atoms with Crippen LogP contribution in [0.4, 0.5) is 5.69 Å². The Bertz CT molecular complexity index is 368. The summed E-state index contributed by atoms with van der Waals surface area (Å²) in [6.07, 6.45) is -0.568. The molecule has 1 aromatic carbocycles. The van der Waals surface area contributed by atoms with Crippen LogP contribution in [-0.4, -0.2) is 25.4 Å². The van der Waals surface area contributed by atoms with E-state index >= 15 is 0 Å². The summed E-state index contributed by atoms with van der Waals surface area (Å²) in [4.78, 5) is 10.0. The molecule has 0 aliphatic heterocycles. The molecular weight excluding hydrogens is 278 g/mol. The van der Waals surface area contributed by atoms with Crippen LogP contribution in [-0.2, 0) is 9.47 Å². The van der Waals surface area contributed by atoms with Gasteiger partial charge in [0, 0.05) is 25.8 Å². The lowest BCUT2D eigenvalue weighted by molar-refractivity contribution is -0.385. The topological polar surface area (TPSA) is 61.6 Å². The number of rotatable bonds is 5. The van der Waals surface area contributed by atoms with Gasteiger partial charge in [-0.3, -0.25) is 10.1 Å². The first-order chi connectivity index (χ1) is 7.61. The van der Waals surface area contributed by atoms with Crippen molar-refractivity contribution in [2.45, 2.75) is 11.1 Å². The summed E-state index contributed by atoms with van der Waals surface area (Å²) in [7, 11) is 2.97. The van der Waals surface area contributed by atoms with Crippen LogP contribution in [0.3, 0.4) is 0 Å². The van der Waals surface area contributed by atoms with E-state index in [4.69, 9.17) is 9.47 Å². The maximum atomic E-state index is 10.8. The first kappa shape index (κ1) is 13.1. The van der Waals surface area contributed by atoms with Gasteiger partial charge in [0.25, 0.3) is 5.69 Å². The molecule has 5 nitrogen and oxygen atoms in total. The van der Waals surface area contributed by atoms with Crippen LogP contribution in [0.15, 0.2) is 24.3 Å². The minimum absolute atomic E-state index is 0.0449. The smallest absolute Gasteiger partial charge is 0.273 e. The maximum Gasteiger partial charge on any atom is 0.273 e. The Morgan fingerprint density at radius 2 is 1.88 bits per heavy atom. The van der Waals surface area contributed by atoms with Crippen molar-refractivity contribution in [1.82, 2.24) is 0 Å². The highest BCUT2D eigenvalue weighted by atomic mass is 79.9. The molecule has 0 N–H and O–H groups in total. The van der Waals surface area contributed by atoms with E-state index in [0.717, 1.165) is 0 Å². The van der Waals surface area contributed by atoms with E-state index in [2.05, 4.69) is 15.9 Å². The molecule has 0 heterocycles. The Morgan fingerprint density at radius 3 is 2.38 bits per heavy atom. The van der Waals surface area contributed by atoms with E-state index in [-0.39, 0.29) is 10.5 Å². The fraction of sp³-hybridized carbons (Fsp3) is 0.400. The van der Waals surface area contributed by atoms with Gasteiger partial charge in [-0.05, 0) is 0 Å². The third-order valence-corrected chi connectivity index (χ3v) is 3.06. The Morgan fingerprint density at radius 1 is 1.31 bits per heavy atom. The molecule has 1 atom stereocenters. The number of hydrogen-bond acceptors (Lipinski definition) is 4. The molecule has 0 amide bonds. The predicted molar refractivity (Wildman–Crippen MR) is 62.6 cm³/mol. The molecule has 0 fully saturated rings. The van der Waals surface area contributed by atoms with Crippen molar-refractivity contribution in [3.63, 3.8) is 0 Å². The van der Waals surface area contributed by atoms with Crippen LogP contribution < -0.4 is 0 Å². The van der Waals surface area contributed by atoms with Gasteiger partial charge >= 0.3 is 0 Å². The fourth-order valence-corrected chi connectivity index (χ4v) is 2.19. The summed E-state index contributed by atoms with van der Waals surface area (Å²) < 4.78 is 10.1. The number of nitro groups is 1. The Kier molecular flexibility index (Phi) is 4.85. The zero-order valence-corrected chi connectivity index (χ0v) is 10.5. The monoisotopic (exact) mass is 289 g/mol. The summed E-state index contributed by atoms with van der Waals surface area (Å²) in [5.74, 6) is 0. The molecule has 0 radical (unpaired) electrons. The van der Waals surface area contributed by atoms with Crippen molar-refractivity contribution in [2.24, 2.45) is 0 Å². The van der Waals surface area contributed by atoms with E-state index in [0.29, 0.717) is 5.56 Å². The first-order valence-corrected chi connectivity index (χ1v) is 5.46. The van der Waals surface area contributed by atoms with Gasteiger partial charge < -0.3 is 9.47 Å². The molecule has 0 aliphatic rings. The number of alkyl halides is 1. The van der Waals surface area contributed by atoms with E-state index in [1.54, 1.807) is 18.2 Å². The minimum atomic E-state index is -0.568. The van der Waals surface area contributed by atoms with Crippen molar-refractivity contribution in [3.8, 4) is 0 Å². The molecular formula is C10H12BrNO4. The van der Waals surface area contributed by atoms with Gasteiger partial charge in [0.1, 0.15) is 0 Å². The number of methoxy groups -OCH3 is 2. The number of para-hydroxylation sites is 1. The maximum absolute atomic E-state index is 10.8. The summed E-state index contributed by atoms with van der Waals surface area (Å²) in [5, 5.41) is 10.8. The molecule has 0 aromatic heterocycles. The lowest BCUT2D eigenvalue weighted by Gasteiger charge is -2.19. The normalized spacial score (nSPS) is 12.8.